The van der Waals surface area contributed by atoms with Crippen molar-refractivity contribution in [3.63, 3.8) is 0 Å². The first-order valence-electron chi connectivity index (χ1n) is 27.5. The van der Waals surface area contributed by atoms with Gasteiger partial charge in [0.1, 0.15) is 0 Å². The fourth-order valence-electron chi connectivity index (χ4n) is 11.0. The lowest BCUT2D eigenvalue weighted by atomic mass is 9.95. The van der Waals surface area contributed by atoms with Crippen molar-refractivity contribution in [1.82, 2.24) is 39.9 Å². The van der Waals surface area contributed by atoms with Crippen LogP contribution in [0.2, 0.25) is 0 Å². The SMILES string of the molecule is C=C(/C=N\c1cc(-c2cc(-c3ccccn3)nc3cc(-c4ccc5nc(-c6ccc7ccc8cccnc8c7n6)ccc5c4)ccc23)ccc1C)c1cccc(-c2ccc3cc(-c4ccc5ccc(-c6ccccn6)nc5c4)ccc3n2)c1. The van der Waals surface area contributed by atoms with Gasteiger partial charge in [-0.2, -0.15) is 0 Å². The number of pyridine rings is 8. The Kier molecular flexibility index (Phi) is 12.0. The highest BCUT2D eigenvalue weighted by Gasteiger charge is 2.16. The molecule has 15 aromatic rings. The maximum Gasteiger partial charge on any atom is 0.0972 e. The molecule has 9 heteroatoms. The van der Waals surface area contributed by atoms with E-state index in [1.165, 1.54) is 0 Å². The highest BCUT2D eigenvalue weighted by molar-refractivity contribution is 6.10. The second-order valence-corrected chi connectivity index (χ2v) is 20.8. The molecule has 388 valence electrons. The molecule has 0 spiro atoms. The van der Waals surface area contributed by atoms with Crippen LogP contribution in [0.3, 0.4) is 0 Å². The van der Waals surface area contributed by atoms with E-state index in [9.17, 15) is 0 Å². The number of rotatable bonds is 10. The van der Waals surface area contributed by atoms with Crippen LogP contribution in [0.15, 0.2) is 261 Å². The van der Waals surface area contributed by atoms with Crippen molar-refractivity contribution >= 4 is 82.9 Å². The van der Waals surface area contributed by atoms with Crippen molar-refractivity contribution in [1.29, 1.82) is 0 Å². The van der Waals surface area contributed by atoms with Gasteiger partial charge in [0.15, 0.2) is 0 Å². The number of aromatic nitrogens is 8. The quantitative estimate of drug-likeness (QED) is 0.0982. The Labute approximate surface area is 477 Å². The number of allylic oxidation sites excluding steroid dienone is 1. The van der Waals surface area contributed by atoms with Crippen LogP contribution in [0.1, 0.15) is 11.1 Å². The van der Waals surface area contributed by atoms with E-state index in [-0.39, 0.29) is 0 Å². The number of nitrogens with zero attached hydrogens (tertiary/aromatic N) is 9. The van der Waals surface area contributed by atoms with E-state index in [2.05, 4.69) is 187 Å². The monoisotopic (exact) mass is 1060 g/mol. The molecule has 0 aliphatic rings. The standard InChI is InChI=1S/C74H47N9/c1-45-14-15-55(42-69(45)78-44-46(2)50-9-7-10-56(37-50)61-30-25-57-38-51(23-28-62(57)79-61)53-19-16-47-21-31-66(81-70(47)40-53)64-12-3-5-34-75-64)60-43-72(65-13-4-6-35-76-65)82-71-41-54(20-27-59(60)71)52-24-29-63-58(39-52)26-33-67(80-63)68-32-22-49-18-17-48-11-8-36-77-73(48)74(49)83-68/h3-44H,2H2,1H3/b78-44-. The topological polar surface area (TPSA) is 115 Å². The number of aliphatic imine (C=N–C) groups is 1. The Balaban J connectivity index is 0.694. The molecule has 0 N–H and O–H groups in total. The summed E-state index contributed by atoms with van der Waals surface area (Å²) in [5.74, 6) is 0. The molecule has 83 heavy (non-hydrogen) atoms. The van der Waals surface area contributed by atoms with E-state index in [1.54, 1.807) is 12.4 Å². The zero-order valence-electron chi connectivity index (χ0n) is 45.0. The molecule has 0 radical (unpaired) electrons. The van der Waals surface area contributed by atoms with E-state index in [4.69, 9.17) is 34.9 Å². The van der Waals surface area contributed by atoms with Gasteiger partial charge in [-0.25, -0.2) is 24.9 Å². The summed E-state index contributed by atoms with van der Waals surface area (Å²) in [6, 6.07) is 79.3. The summed E-state index contributed by atoms with van der Waals surface area (Å²) in [6.45, 7) is 6.57. The van der Waals surface area contributed by atoms with Crippen LogP contribution in [0.5, 0.6) is 0 Å². The molecule has 8 heterocycles. The lowest BCUT2D eigenvalue weighted by Crippen LogP contribution is -1.93. The average molecular weight is 1060 g/mol. The summed E-state index contributed by atoms with van der Waals surface area (Å²) >= 11 is 0. The summed E-state index contributed by atoms with van der Waals surface area (Å²) in [7, 11) is 0. The third-order valence-electron chi connectivity index (χ3n) is 15.5. The first-order valence-corrected chi connectivity index (χ1v) is 27.5. The summed E-state index contributed by atoms with van der Waals surface area (Å²) < 4.78 is 0. The van der Waals surface area contributed by atoms with Gasteiger partial charge >= 0.3 is 0 Å². The van der Waals surface area contributed by atoms with Gasteiger partial charge in [0.2, 0.25) is 0 Å². The Bertz CT molecular complexity index is 5140. The normalized spacial score (nSPS) is 11.7. The van der Waals surface area contributed by atoms with Gasteiger partial charge in [-0.3, -0.25) is 19.9 Å². The van der Waals surface area contributed by atoms with Gasteiger partial charge in [-0.1, -0.05) is 128 Å². The maximum atomic E-state index is 5.24. The zero-order valence-corrected chi connectivity index (χ0v) is 45.0. The number of hydrogen-bond acceptors (Lipinski definition) is 9. The van der Waals surface area contributed by atoms with Crippen LogP contribution < -0.4 is 0 Å². The predicted molar refractivity (Wildman–Crippen MR) is 340 cm³/mol. The van der Waals surface area contributed by atoms with Gasteiger partial charge in [0.05, 0.1) is 78.6 Å². The van der Waals surface area contributed by atoms with Crippen molar-refractivity contribution in [3.8, 4) is 78.8 Å². The first kappa shape index (κ1) is 48.8. The molecule has 0 saturated heterocycles. The molecule has 0 aliphatic carbocycles. The number of benzene rings is 7. The van der Waals surface area contributed by atoms with E-state index < -0.39 is 0 Å². The summed E-state index contributed by atoms with van der Waals surface area (Å²) in [5, 5.41) is 6.30. The van der Waals surface area contributed by atoms with Crippen molar-refractivity contribution in [2.45, 2.75) is 6.92 Å². The lowest BCUT2D eigenvalue weighted by Gasteiger charge is -2.13. The second-order valence-electron chi connectivity index (χ2n) is 20.8. The van der Waals surface area contributed by atoms with Crippen LogP contribution in [0, 0.1) is 6.92 Å². The molecule has 0 saturated carbocycles. The van der Waals surface area contributed by atoms with Gasteiger partial charge in [0.25, 0.3) is 0 Å². The smallest absolute Gasteiger partial charge is 0.0972 e. The number of aryl methyl sites for hydroxylation is 1. The van der Waals surface area contributed by atoms with Crippen LogP contribution in [-0.2, 0) is 0 Å². The van der Waals surface area contributed by atoms with Gasteiger partial charge in [-0.15, -0.1) is 0 Å². The van der Waals surface area contributed by atoms with E-state index >= 15 is 0 Å². The fourth-order valence-corrected chi connectivity index (χ4v) is 11.0. The van der Waals surface area contributed by atoms with E-state index in [0.717, 1.165) is 167 Å². The summed E-state index contributed by atoms with van der Waals surface area (Å²) in [4.78, 5) is 44.4. The van der Waals surface area contributed by atoms with E-state index in [0.29, 0.717) is 0 Å². The molecule has 0 aliphatic heterocycles. The zero-order chi connectivity index (χ0) is 55.4. The highest BCUT2D eigenvalue weighted by Crippen LogP contribution is 2.38. The molecular weight excluding hydrogens is 1010 g/mol. The molecule has 0 amide bonds. The fraction of sp³-hybridized carbons (Fsp3) is 0.0135. The molecular formula is C74H47N9. The predicted octanol–water partition coefficient (Wildman–Crippen LogP) is 18.2. The third-order valence-corrected chi connectivity index (χ3v) is 15.5. The molecule has 7 aromatic carbocycles. The molecule has 0 fully saturated rings. The van der Waals surface area contributed by atoms with Crippen molar-refractivity contribution in [3.05, 3.63) is 267 Å². The Hall–Kier alpha value is -11.3. The highest BCUT2D eigenvalue weighted by atomic mass is 14.8. The van der Waals surface area contributed by atoms with Gasteiger partial charge < -0.3 is 0 Å². The molecule has 0 atom stereocenters. The minimum atomic E-state index is 0.783. The molecule has 0 unspecified atom stereocenters. The largest absolute Gasteiger partial charge is 0.256 e. The summed E-state index contributed by atoms with van der Waals surface area (Å²) in [6.07, 6.45) is 7.28. The van der Waals surface area contributed by atoms with E-state index in [1.807, 2.05) is 79.1 Å². The molecule has 0 bridgehead atoms. The van der Waals surface area contributed by atoms with Crippen LogP contribution in [0.4, 0.5) is 5.69 Å². The minimum absolute atomic E-state index is 0.783. The van der Waals surface area contributed by atoms with Crippen molar-refractivity contribution < 1.29 is 0 Å². The minimum Gasteiger partial charge on any atom is -0.256 e. The molecule has 9 nitrogen and oxygen atoms in total. The van der Waals surface area contributed by atoms with Crippen molar-refractivity contribution in [2.24, 2.45) is 4.99 Å². The lowest BCUT2D eigenvalue weighted by molar-refractivity contribution is 1.28. The number of hydrogen-bond donors (Lipinski definition) is 0. The third kappa shape index (κ3) is 9.37. The average Bonchev–Trinajstić information content (AvgIpc) is 3.73. The number of fused-ring (bicyclic) bond motifs is 7. The van der Waals surface area contributed by atoms with Crippen LogP contribution in [-0.4, -0.2) is 46.1 Å². The Morgan fingerprint density at radius 2 is 0.916 bits per heavy atom. The van der Waals surface area contributed by atoms with Crippen molar-refractivity contribution in [2.75, 3.05) is 0 Å². The Morgan fingerprint density at radius 1 is 0.349 bits per heavy atom. The van der Waals surface area contributed by atoms with Crippen LogP contribution >= 0.6 is 0 Å². The summed E-state index contributed by atoms with van der Waals surface area (Å²) in [5.41, 5.74) is 22.1. The van der Waals surface area contributed by atoms with Crippen LogP contribution in [0.25, 0.3) is 150 Å². The second kappa shape index (κ2) is 20.4. The molecule has 15 rings (SSSR count). The Morgan fingerprint density at radius 3 is 1.67 bits per heavy atom. The first-order chi connectivity index (χ1) is 40.9. The van der Waals surface area contributed by atoms with Gasteiger partial charge in [0, 0.05) is 62.7 Å². The van der Waals surface area contributed by atoms with Gasteiger partial charge in [-0.05, 0) is 166 Å². The molecule has 8 aromatic heterocycles. The maximum absolute atomic E-state index is 5.24.